The second-order valence-corrected chi connectivity index (χ2v) is 6.62. The lowest BCUT2D eigenvalue weighted by atomic mass is 9.79. The minimum Gasteiger partial charge on any atom is -0.342 e. The lowest BCUT2D eigenvalue weighted by Crippen LogP contribution is -2.60. The van der Waals surface area contributed by atoms with Gasteiger partial charge in [-0.2, -0.15) is 0 Å². The van der Waals surface area contributed by atoms with Crippen LogP contribution in [-0.4, -0.2) is 61.0 Å². The Balaban J connectivity index is 1.46. The van der Waals surface area contributed by atoms with E-state index in [9.17, 15) is 4.79 Å². The summed E-state index contributed by atoms with van der Waals surface area (Å²) in [6, 6.07) is 2.06. The number of likely N-dealkylation sites (tertiary alicyclic amines) is 2. The van der Waals surface area contributed by atoms with Gasteiger partial charge in [0.15, 0.2) is 0 Å². The van der Waals surface area contributed by atoms with Crippen LogP contribution in [0.5, 0.6) is 0 Å². The largest absolute Gasteiger partial charge is 0.342 e. The molecular formula is C15H27N3O. The monoisotopic (exact) mass is 265 g/mol. The number of nitrogens with zero attached hydrogens (tertiary/aromatic N) is 2. The summed E-state index contributed by atoms with van der Waals surface area (Å²) >= 11 is 0. The van der Waals surface area contributed by atoms with Crippen LogP contribution < -0.4 is 5.32 Å². The van der Waals surface area contributed by atoms with Crippen molar-refractivity contribution in [3.63, 3.8) is 0 Å². The van der Waals surface area contributed by atoms with Crippen molar-refractivity contribution in [2.24, 2.45) is 5.92 Å². The van der Waals surface area contributed by atoms with Gasteiger partial charge >= 0.3 is 0 Å². The predicted octanol–water partition coefficient (Wildman–Crippen LogP) is 1.07. The van der Waals surface area contributed by atoms with Gasteiger partial charge < -0.3 is 10.2 Å². The van der Waals surface area contributed by atoms with Crippen LogP contribution in [0, 0.1) is 5.92 Å². The third-order valence-electron chi connectivity index (χ3n) is 5.66. The van der Waals surface area contributed by atoms with Crippen molar-refractivity contribution in [1.82, 2.24) is 15.1 Å². The standard InChI is InChI=1S/C15H27N3O/c1-16-12-9-18(10-12)13-5-3-11(4-6-13)14-7-8-15(19)17(14)2/h11-14,16H,3-10H2,1-2H3. The molecular weight excluding hydrogens is 238 g/mol. The molecule has 0 radical (unpaired) electrons. The Bertz CT molecular complexity index is 332. The summed E-state index contributed by atoms with van der Waals surface area (Å²) < 4.78 is 0. The molecule has 3 rings (SSSR count). The molecule has 108 valence electrons. The Morgan fingerprint density at radius 1 is 1.11 bits per heavy atom. The number of likely N-dealkylation sites (N-methyl/N-ethyl adjacent to an activating group) is 1. The molecule has 1 saturated carbocycles. The van der Waals surface area contributed by atoms with Gasteiger partial charge in [0.1, 0.15) is 0 Å². The Kier molecular flexibility index (Phi) is 3.81. The van der Waals surface area contributed by atoms with E-state index in [1.54, 1.807) is 0 Å². The van der Waals surface area contributed by atoms with E-state index in [0.717, 1.165) is 30.8 Å². The molecule has 0 aromatic rings. The van der Waals surface area contributed by atoms with E-state index in [-0.39, 0.29) is 0 Å². The van der Waals surface area contributed by atoms with E-state index >= 15 is 0 Å². The minimum atomic E-state index is 0.353. The zero-order valence-electron chi connectivity index (χ0n) is 12.3. The summed E-state index contributed by atoms with van der Waals surface area (Å²) in [6.45, 7) is 2.46. The average Bonchev–Trinajstić information content (AvgIpc) is 2.70. The number of rotatable bonds is 3. The predicted molar refractivity (Wildman–Crippen MR) is 76.0 cm³/mol. The molecule has 1 N–H and O–H groups in total. The first-order valence-corrected chi connectivity index (χ1v) is 7.86. The summed E-state index contributed by atoms with van der Waals surface area (Å²) in [5, 5.41) is 3.35. The van der Waals surface area contributed by atoms with Gasteiger partial charge in [0.2, 0.25) is 5.91 Å². The molecule has 19 heavy (non-hydrogen) atoms. The molecule has 1 aliphatic carbocycles. The van der Waals surface area contributed by atoms with Gasteiger partial charge in [0.05, 0.1) is 0 Å². The Hall–Kier alpha value is -0.610. The number of hydrogen-bond acceptors (Lipinski definition) is 3. The average molecular weight is 265 g/mol. The van der Waals surface area contributed by atoms with Gasteiger partial charge in [-0.1, -0.05) is 0 Å². The van der Waals surface area contributed by atoms with Crippen molar-refractivity contribution in [3.8, 4) is 0 Å². The van der Waals surface area contributed by atoms with Crippen LogP contribution in [0.2, 0.25) is 0 Å². The van der Waals surface area contributed by atoms with E-state index in [0.29, 0.717) is 11.9 Å². The third kappa shape index (κ3) is 2.52. The Morgan fingerprint density at radius 3 is 2.32 bits per heavy atom. The summed E-state index contributed by atoms with van der Waals surface area (Å²) in [5.41, 5.74) is 0. The van der Waals surface area contributed by atoms with Crippen LogP contribution >= 0.6 is 0 Å². The highest BCUT2D eigenvalue weighted by Gasteiger charge is 2.38. The lowest BCUT2D eigenvalue weighted by Gasteiger charge is -2.47. The molecule has 0 bridgehead atoms. The quantitative estimate of drug-likeness (QED) is 0.829. The number of hydrogen-bond donors (Lipinski definition) is 1. The molecule has 2 saturated heterocycles. The first kappa shape index (κ1) is 13.4. The van der Waals surface area contributed by atoms with Gasteiger partial charge in [0.25, 0.3) is 0 Å². The van der Waals surface area contributed by atoms with Crippen molar-refractivity contribution < 1.29 is 4.79 Å². The number of nitrogens with one attached hydrogen (secondary N) is 1. The van der Waals surface area contributed by atoms with Crippen LogP contribution in [0.3, 0.4) is 0 Å². The number of carbonyl (C=O) groups excluding carboxylic acids is 1. The number of carbonyl (C=O) groups is 1. The fourth-order valence-electron chi connectivity index (χ4n) is 4.22. The summed E-state index contributed by atoms with van der Waals surface area (Å²) in [4.78, 5) is 16.3. The number of amides is 1. The maximum Gasteiger partial charge on any atom is 0.222 e. The normalized spacial score (nSPS) is 37.7. The highest BCUT2D eigenvalue weighted by Crippen LogP contribution is 2.36. The van der Waals surface area contributed by atoms with E-state index in [4.69, 9.17) is 0 Å². The zero-order valence-corrected chi connectivity index (χ0v) is 12.3. The smallest absolute Gasteiger partial charge is 0.222 e. The molecule has 0 aromatic heterocycles. The van der Waals surface area contributed by atoms with Crippen molar-refractivity contribution in [3.05, 3.63) is 0 Å². The molecule has 0 spiro atoms. The first-order chi connectivity index (χ1) is 9.19. The Morgan fingerprint density at radius 2 is 1.79 bits per heavy atom. The molecule has 1 unspecified atom stereocenters. The van der Waals surface area contributed by atoms with Crippen LogP contribution in [-0.2, 0) is 4.79 Å². The maximum atomic E-state index is 11.6. The topological polar surface area (TPSA) is 35.6 Å². The van der Waals surface area contributed by atoms with E-state index in [1.807, 2.05) is 11.9 Å². The van der Waals surface area contributed by atoms with Crippen molar-refractivity contribution in [2.45, 2.75) is 56.7 Å². The zero-order chi connectivity index (χ0) is 13.4. The summed E-state index contributed by atoms with van der Waals surface area (Å²) in [7, 11) is 4.06. The molecule has 1 atom stereocenters. The highest BCUT2D eigenvalue weighted by molar-refractivity contribution is 5.78. The van der Waals surface area contributed by atoms with Crippen molar-refractivity contribution in [2.75, 3.05) is 27.2 Å². The van der Waals surface area contributed by atoms with Crippen molar-refractivity contribution in [1.29, 1.82) is 0 Å². The van der Waals surface area contributed by atoms with Crippen LogP contribution in [0.25, 0.3) is 0 Å². The lowest BCUT2D eigenvalue weighted by molar-refractivity contribution is -0.128. The van der Waals surface area contributed by atoms with Gasteiger partial charge in [-0.25, -0.2) is 0 Å². The highest BCUT2D eigenvalue weighted by atomic mass is 16.2. The molecule has 2 heterocycles. The molecule has 1 amide bonds. The summed E-state index contributed by atoms with van der Waals surface area (Å²) in [6.07, 6.45) is 7.16. The van der Waals surface area contributed by atoms with E-state index in [1.165, 1.54) is 38.8 Å². The SMILES string of the molecule is CNC1CN(C2CCC(C3CCC(=O)N3C)CC2)C1. The molecule has 0 aromatic carbocycles. The van der Waals surface area contributed by atoms with Crippen LogP contribution in [0.15, 0.2) is 0 Å². The Labute approximate surface area is 116 Å². The molecule has 4 nitrogen and oxygen atoms in total. The fourth-order valence-corrected chi connectivity index (χ4v) is 4.22. The molecule has 4 heteroatoms. The third-order valence-corrected chi connectivity index (χ3v) is 5.66. The molecule has 2 aliphatic heterocycles. The second kappa shape index (κ2) is 5.41. The van der Waals surface area contributed by atoms with Gasteiger partial charge in [-0.05, 0) is 45.1 Å². The van der Waals surface area contributed by atoms with Gasteiger partial charge in [-0.15, -0.1) is 0 Å². The van der Waals surface area contributed by atoms with E-state index in [2.05, 4.69) is 17.3 Å². The van der Waals surface area contributed by atoms with Crippen LogP contribution in [0.1, 0.15) is 38.5 Å². The van der Waals surface area contributed by atoms with Gasteiger partial charge in [0, 0.05) is 44.7 Å². The van der Waals surface area contributed by atoms with E-state index < -0.39 is 0 Å². The minimum absolute atomic E-state index is 0.353. The second-order valence-electron chi connectivity index (χ2n) is 6.62. The first-order valence-electron chi connectivity index (χ1n) is 7.86. The fraction of sp³-hybridized carbons (Fsp3) is 0.933. The molecule has 3 fully saturated rings. The van der Waals surface area contributed by atoms with Crippen LogP contribution in [0.4, 0.5) is 0 Å². The maximum absolute atomic E-state index is 11.6. The van der Waals surface area contributed by atoms with Gasteiger partial charge in [-0.3, -0.25) is 9.69 Å². The summed E-state index contributed by atoms with van der Waals surface area (Å²) in [5.74, 6) is 1.11. The molecule has 3 aliphatic rings. The van der Waals surface area contributed by atoms with Crippen molar-refractivity contribution >= 4 is 5.91 Å².